The van der Waals surface area contributed by atoms with Crippen LogP contribution in [0.5, 0.6) is 5.75 Å². The Labute approximate surface area is 172 Å². The SMILES string of the molecule is C[n+]1cccc(C(=O)O[C@H]2CC[C@H]3[C@@H]4CCc5cc(O)ccc5[C@H]4CC[C@]23C)c1. The van der Waals surface area contributed by atoms with Crippen molar-refractivity contribution in [2.75, 3.05) is 0 Å². The number of rotatable bonds is 2. The molecule has 29 heavy (non-hydrogen) atoms. The van der Waals surface area contributed by atoms with Crippen LogP contribution in [0, 0.1) is 17.3 Å². The summed E-state index contributed by atoms with van der Waals surface area (Å²) in [5.74, 6) is 2.03. The summed E-state index contributed by atoms with van der Waals surface area (Å²) in [6.45, 7) is 2.36. The summed E-state index contributed by atoms with van der Waals surface area (Å²) in [7, 11) is 1.92. The molecular weight excluding hydrogens is 362 g/mol. The summed E-state index contributed by atoms with van der Waals surface area (Å²) in [6.07, 6.45) is 10.3. The topological polar surface area (TPSA) is 50.4 Å². The van der Waals surface area contributed by atoms with Gasteiger partial charge in [-0.15, -0.1) is 0 Å². The molecule has 4 heteroatoms. The average Bonchev–Trinajstić information content (AvgIpc) is 3.04. The van der Waals surface area contributed by atoms with E-state index in [1.54, 1.807) is 0 Å². The first-order chi connectivity index (χ1) is 14.0. The summed E-state index contributed by atoms with van der Waals surface area (Å²) >= 11 is 0. The molecule has 152 valence electrons. The third kappa shape index (κ3) is 3.04. The fourth-order valence-electron chi connectivity index (χ4n) is 6.62. The van der Waals surface area contributed by atoms with E-state index in [0.29, 0.717) is 29.1 Å². The first kappa shape index (κ1) is 18.7. The first-order valence-electron chi connectivity index (χ1n) is 10.9. The molecule has 1 aromatic carbocycles. The van der Waals surface area contributed by atoms with Gasteiger partial charge >= 0.3 is 5.97 Å². The van der Waals surface area contributed by atoms with Crippen LogP contribution in [0.2, 0.25) is 0 Å². The minimum Gasteiger partial charge on any atom is -0.508 e. The van der Waals surface area contributed by atoms with Gasteiger partial charge in [-0.05, 0) is 85.6 Å². The predicted octanol–water partition coefficient (Wildman–Crippen LogP) is 4.30. The lowest BCUT2D eigenvalue weighted by Gasteiger charge is -2.50. The number of hydrogen-bond donors (Lipinski definition) is 1. The van der Waals surface area contributed by atoms with Crippen molar-refractivity contribution >= 4 is 5.97 Å². The van der Waals surface area contributed by atoms with Crippen LogP contribution in [0.4, 0.5) is 0 Å². The Morgan fingerprint density at radius 1 is 1.21 bits per heavy atom. The predicted molar refractivity (Wildman–Crippen MR) is 110 cm³/mol. The molecule has 0 aliphatic heterocycles. The van der Waals surface area contributed by atoms with Crippen LogP contribution in [-0.4, -0.2) is 17.2 Å². The van der Waals surface area contributed by atoms with Gasteiger partial charge in [0, 0.05) is 11.5 Å². The Morgan fingerprint density at radius 2 is 2.07 bits per heavy atom. The van der Waals surface area contributed by atoms with Gasteiger partial charge in [0.05, 0.1) is 0 Å². The van der Waals surface area contributed by atoms with Crippen molar-refractivity contribution in [3.8, 4) is 5.75 Å². The summed E-state index contributed by atoms with van der Waals surface area (Å²) in [6, 6.07) is 9.66. The van der Waals surface area contributed by atoms with Crippen LogP contribution in [0.15, 0.2) is 42.7 Å². The Morgan fingerprint density at radius 3 is 2.90 bits per heavy atom. The third-order valence-corrected chi connectivity index (χ3v) is 8.05. The zero-order chi connectivity index (χ0) is 20.2. The molecule has 0 bridgehead atoms. The van der Waals surface area contributed by atoms with Gasteiger partial charge in [0.2, 0.25) is 0 Å². The number of aromatic nitrogens is 1. The Kier molecular flexibility index (Phi) is 4.41. The maximum absolute atomic E-state index is 12.8. The highest BCUT2D eigenvalue weighted by molar-refractivity contribution is 5.88. The maximum Gasteiger partial charge on any atom is 0.344 e. The number of phenolic OH excluding ortho intramolecular Hbond substituents is 1. The molecule has 0 unspecified atom stereocenters. The summed E-state index contributed by atoms with van der Waals surface area (Å²) in [4.78, 5) is 12.8. The number of nitrogens with zero attached hydrogens (tertiary/aromatic N) is 1. The molecule has 0 amide bonds. The van der Waals surface area contributed by atoms with Crippen molar-refractivity contribution in [2.45, 2.75) is 57.5 Å². The fourth-order valence-corrected chi connectivity index (χ4v) is 6.62. The first-order valence-corrected chi connectivity index (χ1v) is 10.9. The van der Waals surface area contributed by atoms with Crippen LogP contribution in [0.3, 0.4) is 0 Å². The van der Waals surface area contributed by atoms with E-state index in [1.807, 2.05) is 48.3 Å². The van der Waals surface area contributed by atoms with E-state index < -0.39 is 0 Å². The van der Waals surface area contributed by atoms with E-state index in [1.165, 1.54) is 17.5 Å². The van der Waals surface area contributed by atoms with E-state index in [-0.39, 0.29) is 17.5 Å². The number of fused-ring (bicyclic) bond motifs is 5. The summed E-state index contributed by atoms with van der Waals surface area (Å²) in [5, 5.41) is 9.86. The van der Waals surface area contributed by atoms with Crippen molar-refractivity contribution < 1.29 is 19.2 Å². The van der Waals surface area contributed by atoms with Crippen molar-refractivity contribution in [2.24, 2.45) is 24.3 Å². The molecule has 3 aliphatic carbocycles. The molecule has 4 nitrogen and oxygen atoms in total. The number of carbonyl (C=O) groups is 1. The summed E-state index contributed by atoms with van der Waals surface area (Å²) < 4.78 is 7.99. The molecule has 1 aromatic heterocycles. The molecule has 0 saturated heterocycles. The van der Waals surface area contributed by atoms with Gasteiger partial charge in [0.25, 0.3) is 0 Å². The largest absolute Gasteiger partial charge is 0.508 e. The molecular formula is C25H30NO3+. The molecule has 2 aromatic rings. The van der Waals surface area contributed by atoms with Gasteiger partial charge in [0.1, 0.15) is 24.5 Å². The number of ether oxygens (including phenoxy) is 1. The highest BCUT2D eigenvalue weighted by Gasteiger charge is 2.56. The highest BCUT2D eigenvalue weighted by atomic mass is 16.5. The van der Waals surface area contributed by atoms with E-state index in [2.05, 4.69) is 13.0 Å². The van der Waals surface area contributed by atoms with Gasteiger partial charge in [-0.1, -0.05) is 13.0 Å². The lowest BCUT2D eigenvalue weighted by atomic mass is 9.55. The lowest BCUT2D eigenvalue weighted by Crippen LogP contribution is -2.45. The van der Waals surface area contributed by atoms with Gasteiger partial charge in [-0.25, -0.2) is 9.36 Å². The molecule has 1 heterocycles. The second kappa shape index (κ2) is 6.86. The maximum atomic E-state index is 12.8. The molecule has 0 spiro atoms. The Bertz CT molecular complexity index is 955. The van der Waals surface area contributed by atoms with Gasteiger partial charge < -0.3 is 9.84 Å². The second-order valence-corrected chi connectivity index (χ2v) is 9.57. The zero-order valence-corrected chi connectivity index (χ0v) is 17.3. The second-order valence-electron chi connectivity index (χ2n) is 9.57. The number of benzene rings is 1. The number of aromatic hydroxyl groups is 1. The van der Waals surface area contributed by atoms with Crippen molar-refractivity contribution in [1.29, 1.82) is 0 Å². The number of hydrogen-bond acceptors (Lipinski definition) is 3. The minimum absolute atomic E-state index is 0.00711. The van der Waals surface area contributed by atoms with E-state index >= 15 is 0 Å². The number of carbonyl (C=O) groups excluding carboxylic acids is 1. The smallest absolute Gasteiger partial charge is 0.344 e. The summed E-state index contributed by atoms with van der Waals surface area (Å²) in [5.41, 5.74) is 3.47. The van der Waals surface area contributed by atoms with Gasteiger partial charge in [-0.3, -0.25) is 0 Å². The fraction of sp³-hybridized carbons (Fsp3) is 0.520. The molecule has 5 atom stereocenters. The molecule has 0 radical (unpaired) electrons. The molecule has 3 aliphatic rings. The minimum atomic E-state index is -0.195. The van der Waals surface area contributed by atoms with Crippen molar-refractivity contribution in [3.05, 3.63) is 59.4 Å². The van der Waals surface area contributed by atoms with Gasteiger partial charge in [-0.2, -0.15) is 0 Å². The highest BCUT2D eigenvalue weighted by Crippen LogP contribution is 2.61. The monoisotopic (exact) mass is 392 g/mol. The molecule has 2 saturated carbocycles. The molecule has 5 rings (SSSR count). The van der Waals surface area contributed by atoms with Gasteiger partial charge in [0.15, 0.2) is 12.4 Å². The quantitative estimate of drug-likeness (QED) is 0.612. The molecule has 2 fully saturated rings. The van der Waals surface area contributed by atoms with E-state index in [4.69, 9.17) is 4.74 Å². The lowest BCUT2D eigenvalue weighted by molar-refractivity contribution is -0.671. The number of aryl methyl sites for hydroxylation is 2. The van der Waals surface area contributed by atoms with Crippen LogP contribution >= 0.6 is 0 Å². The Hall–Kier alpha value is -2.36. The normalized spacial score (nSPS) is 32.8. The van der Waals surface area contributed by atoms with Crippen molar-refractivity contribution in [1.82, 2.24) is 0 Å². The van der Waals surface area contributed by atoms with Crippen LogP contribution < -0.4 is 4.57 Å². The van der Waals surface area contributed by atoms with Crippen LogP contribution in [0.25, 0.3) is 0 Å². The molecule has 1 N–H and O–H groups in total. The zero-order valence-electron chi connectivity index (χ0n) is 17.3. The van der Waals surface area contributed by atoms with E-state index in [9.17, 15) is 9.90 Å². The van der Waals surface area contributed by atoms with E-state index in [0.717, 1.165) is 32.1 Å². The third-order valence-electron chi connectivity index (χ3n) is 8.05. The van der Waals surface area contributed by atoms with Crippen LogP contribution in [0.1, 0.15) is 66.4 Å². The Balaban J connectivity index is 1.36. The standard InChI is InChI=1S/C25H29NO3/c1-25-12-11-20-19-8-6-18(27)14-16(19)5-7-21(20)22(25)9-10-23(25)29-24(28)17-4-3-13-26(2)15-17/h3-4,6,8,13-15,20-23H,5,7,9-12H2,1-2H3/p+1/t20-,21-,22+,23+,25+/m1/s1. The number of pyridine rings is 1. The number of esters is 1. The average molecular weight is 393 g/mol. The van der Waals surface area contributed by atoms with Crippen LogP contribution in [-0.2, 0) is 18.2 Å². The van der Waals surface area contributed by atoms with Crippen molar-refractivity contribution in [3.63, 3.8) is 0 Å². The number of phenols is 1.